The number of carbonyl (C=O) groups excluding carboxylic acids is 1. The van der Waals surface area contributed by atoms with Crippen LogP contribution in [0.25, 0.3) is 0 Å². The van der Waals surface area contributed by atoms with Gasteiger partial charge in [-0.3, -0.25) is 4.90 Å². The van der Waals surface area contributed by atoms with Crippen molar-refractivity contribution in [3.8, 4) is 0 Å². The number of para-hydroxylation sites is 1. The summed E-state index contributed by atoms with van der Waals surface area (Å²) in [6.07, 6.45) is 3.77. The lowest BCUT2D eigenvalue weighted by Crippen LogP contribution is -2.55. The van der Waals surface area contributed by atoms with Crippen LogP contribution >= 0.6 is 11.6 Å². The van der Waals surface area contributed by atoms with Crippen LogP contribution in [0.3, 0.4) is 0 Å². The van der Waals surface area contributed by atoms with Gasteiger partial charge < -0.3 is 20.3 Å². The van der Waals surface area contributed by atoms with E-state index in [1.807, 2.05) is 18.2 Å². The number of urea groups is 1. The number of anilines is 2. The van der Waals surface area contributed by atoms with Gasteiger partial charge in [-0.25, -0.2) is 4.79 Å². The lowest BCUT2D eigenvalue weighted by Gasteiger charge is -2.43. The highest BCUT2D eigenvalue weighted by Crippen LogP contribution is 2.34. The standard InChI is InChI=1S/C22H35ClN4O2/c1-4-17-7-6-10-27(15-17)22(2,3)16-24-21(28)25-19-9-5-8-18(23)20(19)26-11-13-29-14-12-26/h5,8-9,17H,4,6-7,10-16H2,1-3H3,(H2,24,25,28). The molecule has 3 rings (SSSR count). The van der Waals surface area contributed by atoms with Crippen molar-refractivity contribution in [1.29, 1.82) is 0 Å². The summed E-state index contributed by atoms with van der Waals surface area (Å²) in [6.45, 7) is 12.4. The highest BCUT2D eigenvalue weighted by Gasteiger charge is 2.31. The van der Waals surface area contributed by atoms with Crippen molar-refractivity contribution in [1.82, 2.24) is 10.2 Å². The van der Waals surface area contributed by atoms with E-state index in [1.54, 1.807) is 0 Å². The summed E-state index contributed by atoms with van der Waals surface area (Å²) in [5, 5.41) is 6.72. The van der Waals surface area contributed by atoms with Gasteiger partial charge in [0.2, 0.25) is 0 Å². The molecule has 1 unspecified atom stereocenters. The number of halogens is 1. The van der Waals surface area contributed by atoms with Crippen LogP contribution in [0, 0.1) is 5.92 Å². The fourth-order valence-electron chi connectivity index (χ4n) is 4.25. The highest BCUT2D eigenvalue weighted by atomic mass is 35.5. The third kappa shape index (κ3) is 5.77. The maximum Gasteiger partial charge on any atom is 0.319 e. The monoisotopic (exact) mass is 422 g/mol. The molecule has 2 heterocycles. The average Bonchev–Trinajstić information content (AvgIpc) is 2.73. The molecule has 0 spiro atoms. The van der Waals surface area contributed by atoms with Gasteiger partial charge in [-0.1, -0.05) is 31.0 Å². The van der Waals surface area contributed by atoms with E-state index >= 15 is 0 Å². The summed E-state index contributed by atoms with van der Waals surface area (Å²) >= 11 is 6.46. The molecule has 0 aromatic heterocycles. The minimum Gasteiger partial charge on any atom is -0.378 e. The van der Waals surface area contributed by atoms with E-state index in [0.29, 0.717) is 24.8 Å². The third-order valence-electron chi connectivity index (χ3n) is 6.20. The molecule has 2 fully saturated rings. The van der Waals surface area contributed by atoms with E-state index in [0.717, 1.165) is 43.5 Å². The van der Waals surface area contributed by atoms with Crippen molar-refractivity contribution in [3.05, 3.63) is 23.2 Å². The topological polar surface area (TPSA) is 56.8 Å². The maximum absolute atomic E-state index is 12.7. The summed E-state index contributed by atoms with van der Waals surface area (Å²) in [6, 6.07) is 5.43. The molecule has 2 aliphatic rings. The molecule has 1 aromatic carbocycles. The molecule has 1 aromatic rings. The first kappa shape index (κ1) is 22.2. The van der Waals surface area contributed by atoms with Crippen LogP contribution < -0.4 is 15.5 Å². The molecule has 2 N–H and O–H groups in total. The second-order valence-corrected chi connectivity index (χ2v) is 9.13. The molecule has 1 atom stereocenters. The normalized spacial score (nSPS) is 21.1. The Morgan fingerprint density at radius 2 is 2.03 bits per heavy atom. The second-order valence-electron chi connectivity index (χ2n) is 8.72. The molecule has 2 aliphatic heterocycles. The van der Waals surface area contributed by atoms with E-state index in [1.165, 1.54) is 19.3 Å². The highest BCUT2D eigenvalue weighted by molar-refractivity contribution is 6.34. The molecule has 0 radical (unpaired) electrons. The smallest absolute Gasteiger partial charge is 0.319 e. The fraction of sp³-hybridized carbons (Fsp3) is 0.682. The van der Waals surface area contributed by atoms with Gasteiger partial charge in [-0.2, -0.15) is 0 Å². The molecular weight excluding hydrogens is 388 g/mol. The largest absolute Gasteiger partial charge is 0.378 e. The van der Waals surface area contributed by atoms with Crippen molar-refractivity contribution in [2.45, 2.75) is 45.6 Å². The number of rotatable bonds is 6. The van der Waals surface area contributed by atoms with Crippen LogP contribution in [-0.4, -0.2) is 62.4 Å². The van der Waals surface area contributed by atoms with Crippen molar-refractivity contribution in [2.24, 2.45) is 5.92 Å². The molecule has 2 saturated heterocycles. The average molecular weight is 423 g/mol. The zero-order chi connectivity index (χ0) is 20.9. The lowest BCUT2D eigenvalue weighted by atomic mass is 9.91. The first-order valence-electron chi connectivity index (χ1n) is 10.8. The molecule has 6 nitrogen and oxygen atoms in total. The number of amides is 2. The molecule has 162 valence electrons. The van der Waals surface area contributed by atoms with Crippen LogP contribution in [0.15, 0.2) is 18.2 Å². The van der Waals surface area contributed by atoms with Crippen LogP contribution in [0.4, 0.5) is 16.2 Å². The Morgan fingerprint density at radius 3 is 2.76 bits per heavy atom. The van der Waals surface area contributed by atoms with Crippen LogP contribution in [0.1, 0.15) is 40.0 Å². The number of ether oxygens (including phenoxy) is 1. The Morgan fingerprint density at radius 1 is 1.28 bits per heavy atom. The quantitative estimate of drug-likeness (QED) is 0.721. The van der Waals surface area contributed by atoms with E-state index in [2.05, 4.69) is 41.2 Å². The Labute approximate surface area is 179 Å². The van der Waals surface area contributed by atoms with E-state index in [-0.39, 0.29) is 11.6 Å². The maximum atomic E-state index is 12.7. The SMILES string of the molecule is CCC1CCCN(C(C)(C)CNC(=O)Nc2cccc(Cl)c2N2CCOCC2)C1. The van der Waals surface area contributed by atoms with Crippen LogP contribution in [-0.2, 0) is 4.74 Å². The molecule has 0 saturated carbocycles. The van der Waals surface area contributed by atoms with E-state index in [9.17, 15) is 4.79 Å². The zero-order valence-corrected chi connectivity index (χ0v) is 18.7. The van der Waals surface area contributed by atoms with Gasteiger partial charge in [0.25, 0.3) is 0 Å². The predicted octanol–water partition coefficient (Wildman–Crippen LogP) is 4.20. The summed E-state index contributed by atoms with van der Waals surface area (Å²) in [5.41, 5.74) is 1.53. The van der Waals surface area contributed by atoms with Crippen LogP contribution in [0.2, 0.25) is 5.02 Å². The number of likely N-dealkylation sites (tertiary alicyclic amines) is 1. The number of piperidine rings is 1. The zero-order valence-electron chi connectivity index (χ0n) is 18.0. The van der Waals surface area contributed by atoms with Gasteiger partial charge in [-0.05, 0) is 51.3 Å². The predicted molar refractivity (Wildman–Crippen MR) is 120 cm³/mol. The van der Waals surface area contributed by atoms with Gasteiger partial charge in [-0.15, -0.1) is 0 Å². The lowest BCUT2D eigenvalue weighted by molar-refractivity contribution is 0.0669. The number of nitrogens with zero attached hydrogens (tertiary/aromatic N) is 2. The first-order valence-corrected chi connectivity index (χ1v) is 11.2. The Bertz CT molecular complexity index is 691. The summed E-state index contributed by atoms with van der Waals surface area (Å²) in [5.74, 6) is 0.763. The Balaban J connectivity index is 1.60. The minimum atomic E-state index is -0.195. The van der Waals surface area contributed by atoms with Gasteiger partial charge in [0.05, 0.1) is 29.6 Å². The van der Waals surface area contributed by atoms with Gasteiger partial charge in [0.1, 0.15) is 0 Å². The fourth-order valence-corrected chi connectivity index (χ4v) is 4.54. The first-order chi connectivity index (χ1) is 13.9. The number of carbonyl (C=O) groups is 1. The molecule has 29 heavy (non-hydrogen) atoms. The molecular formula is C22H35ClN4O2. The number of hydrogen-bond donors (Lipinski definition) is 2. The van der Waals surface area contributed by atoms with E-state index < -0.39 is 0 Å². The van der Waals surface area contributed by atoms with Gasteiger partial charge in [0, 0.05) is 31.7 Å². The molecule has 0 aliphatic carbocycles. The van der Waals surface area contributed by atoms with Crippen molar-refractivity contribution in [2.75, 3.05) is 56.2 Å². The number of benzene rings is 1. The Hall–Kier alpha value is -1.50. The number of nitrogens with one attached hydrogen (secondary N) is 2. The summed E-state index contributed by atoms with van der Waals surface area (Å²) in [4.78, 5) is 17.4. The molecule has 7 heteroatoms. The van der Waals surface area contributed by atoms with Crippen LogP contribution in [0.5, 0.6) is 0 Å². The molecule has 0 bridgehead atoms. The van der Waals surface area contributed by atoms with Crippen molar-refractivity contribution in [3.63, 3.8) is 0 Å². The molecule has 2 amide bonds. The Kier molecular flexibility index (Phi) is 7.66. The number of morpholine rings is 1. The third-order valence-corrected chi connectivity index (χ3v) is 6.50. The summed E-state index contributed by atoms with van der Waals surface area (Å²) < 4.78 is 5.44. The van der Waals surface area contributed by atoms with Gasteiger partial charge >= 0.3 is 6.03 Å². The second kappa shape index (κ2) is 10.0. The summed E-state index contributed by atoms with van der Waals surface area (Å²) in [7, 11) is 0. The van der Waals surface area contributed by atoms with Crippen molar-refractivity contribution < 1.29 is 9.53 Å². The minimum absolute atomic E-state index is 0.0768. The van der Waals surface area contributed by atoms with E-state index in [4.69, 9.17) is 16.3 Å². The van der Waals surface area contributed by atoms with Gasteiger partial charge in [0.15, 0.2) is 0 Å². The number of hydrogen-bond acceptors (Lipinski definition) is 4. The van der Waals surface area contributed by atoms with Crippen molar-refractivity contribution >= 4 is 29.0 Å².